The van der Waals surface area contributed by atoms with Crippen LogP contribution in [0.3, 0.4) is 0 Å². The molecule has 0 aromatic heterocycles. The highest BCUT2D eigenvalue weighted by Gasteiger charge is 2.27. The summed E-state index contributed by atoms with van der Waals surface area (Å²) in [5, 5.41) is 6.54. The molecule has 0 radical (unpaired) electrons. The van der Waals surface area contributed by atoms with E-state index < -0.39 is 0 Å². The minimum absolute atomic E-state index is 0.0129. The highest BCUT2D eigenvalue weighted by atomic mass is 16.2. The first-order valence-corrected chi connectivity index (χ1v) is 8.45. The molecule has 1 amide bonds. The predicted octanol–water partition coefficient (Wildman–Crippen LogP) is 2.71. The van der Waals surface area contributed by atoms with E-state index in [0.717, 1.165) is 62.3 Å². The van der Waals surface area contributed by atoms with Crippen LogP contribution in [0, 0.1) is 13.8 Å². The molecule has 0 bridgehead atoms. The number of aryl methyl sites for hydroxylation is 2. The molecule has 22 heavy (non-hydrogen) atoms. The Balaban J connectivity index is 2.10. The number of hydrogen-bond donors (Lipinski definition) is 2. The van der Waals surface area contributed by atoms with Crippen molar-refractivity contribution in [2.24, 2.45) is 0 Å². The maximum Gasteiger partial charge on any atom is 0.241 e. The molecule has 0 aliphatic carbocycles. The van der Waals surface area contributed by atoms with Crippen molar-refractivity contribution in [3.63, 3.8) is 0 Å². The summed E-state index contributed by atoms with van der Waals surface area (Å²) in [7, 11) is 0. The summed E-state index contributed by atoms with van der Waals surface area (Å²) in [5.41, 5.74) is 3.23. The molecule has 1 fully saturated rings. The first-order chi connectivity index (χ1) is 10.6. The van der Waals surface area contributed by atoms with Crippen LogP contribution in [0.2, 0.25) is 0 Å². The number of piperazine rings is 1. The summed E-state index contributed by atoms with van der Waals surface area (Å²) in [5.74, 6) is 0.146. The van der Waals surface area contributed by atoms with Crippen molar-refractivity contribution < 1.29 is 4.79 Å². The van der Waals surface area contributed by atoms with Gasteiger partial charge in [-0.3, -0.25) is 9.69 Å². The van der Waals surface area contributed by atoms with Gasteiger partial charge < -0.3 is 10.6 Å². The molecule has 4 heteroatoms. The number of nitrogens with one attached hydrogen (secondary N) is 2. The van der Waals surface area contributed by atoms with Crippen LogP contribution in [-0.4, -0.2) is 43.0 Å². The van der Waals surface area contributed by atoms with Gasteiger partial charge >= 0.3 is 0 Å². The van der Waals surface area contributed by atoms with Gasteiger partial charge in [0, 0.05) is 31.9 Å². The smallest absolute Gasteiger partial charge is 0.241 e. The Kier molecular flexibility index (Phi) is 6.40. The highest BCUT2D eigenvalue weighted by Crippen LogP contribution is 2.21. The fourth-order valence-electron chi connectivity index (χ4n) is 3.09. The number of amides is 1. The third-order valence-electron chi connectivity index (χ3n) is 4.46. The molecule has 122 valence electrons. The van der Waals surface area contributed by atoms with Crippen molar-refractivity contribution in [3.8, 4) is 0 Å². The fraction of sp³-hybridized carbons (Fsp3) is 0.611. The second kappa shape index (κ2) is 8.30. The largest absolute Gasteiger partial charge is 0.324 e. The molecule has 2 N–H and O–H groups in total. The molecule has 1 aromatic rings. The second-order valence-electron chi connectivity index (χ2n) is 6.20. The van der Waals surface area contributed by atoms with E-state index in [1.54, 1.807) is 0 Å². The van der Waals surface area contributed by atoms with Gasteiger partial charge in [0.05, 0.1) is 6.04 Å². The van der Waals surface area contributed by atoms with Gasteiger partial charge in [0.1, 0.15) is 0 Å². The normalized spacial score (nSPS) is 17.2. The molecule has 1 atom stereocenters. The minimum Gasteiger partial charge on any atom is -0.324 e. The molecule has 1 heterocycles. The Morgan fingerprint density at radius 1 is 1.27 bits per heavy atom. The molecule has 1 aromatic carbocycles. The quantitative estimate of drug-likeness (QED) is 0.849. The van der Waals surface area contributed by atoms with Crippen molar-refractivity contribution in [2.75, 3.05) is 31.5 Å². The Morgan fingerprint density at radius 3 is 2.50 bits per heavy atom. The van der Waals surface area contributed by atoms with E-state index in [2.05, 4.69) is 48.4 Å². The summed E-state index contributed by atoms with van der Waals surface area (Å²) in [4.78, 5) is 15.2. The Hall–Kier alpha value is -1.39. The van der Waals surface area contributed by atoms with Gasteiger partial charge in [-0.1, -0.05) is 38.0 Å². The highest BCUT2D eigenvalue weighted by molar-refractivity contribution is 5.96. The second-order valence-corrected chi connectivity index (χ2v) is 6.20. The summed E-state index contributed by atoms with van der Waals surface area (Å²) >= 11 is 0. The Labute approximate surface area is 134 Å². The lowest BCUT2D eigenvalue weighted by molar-refractivity contribution is -0.121. The van der Waals surface area contributed by atoms with E-state index in [-0.39, 0.29) is 11.9 Å². The number of hydrogen-bond acceptors (Lipinski definition) is 3. The monoisotopic (exact) mass is 303 g/mol. The number of benzene rings is 1. The number of carbonyl (C=O) groups excluding carboxylic acids is 1. The van der Waals surface area contributed by atoms with Crippen molar-refractivity contribution >= 4 is 11.6 Å². The zero-order chi connectivity index (χ0) is 15.9. The maximum absolute atomic E-state index is 12.8. The van der Waals surface area contributed by atoms with Gasteiger partial charge in [-0.2, -0.15) is 0 Å². The maximum atomic E-state index is 12.8. The SMILES string of the molecule is CCCCC(C(=O)Nc1c(C)cccc1C)N1CCNCC1. The zero-order valence-electron chi connectivity index (χ0n) is 14.1. The van der Waals surface area contributed by atoms with Crippen LogP contribution >= 0.6 is 0 Å². The number of nitrogens with zero attached hydrogens (tertiary/aromatic N) is 1. The number of anilines is 1. The molecule has 1 aliphatic heterocycles. The van der Waals surface area contributed by atoms with E-state index in [1.165, 1.54) is 0 Å². The number of unbranched alkanes of at least 4 members (excludes halogenated alkanes) is 1. The van der Waals surface area contributed by atoms with Crippen LogP contribution in [0.4, 0.5) is 5.69 Å². The molecule has 1 aliphatic rings. The van der Waals surface area contributed by atoms with Crippen LogP contribution in [-0.2, 0) is 4.79 Å². The molecule has 1 unspecified atom stereocenters. The van der Waals surface area contributed by atoms with Gasteiger partial charge in [-0.05, 0) is 31.4 Å². The molecule has 0 spiro atoms. The predicted molar refractivity (Wildman–Crippen MR) is 92.3 cm³/mol. The van der Waals surface area contributed by atoms with Crippen LogP contribution < -0.4 is 10.6 Å². The topological polar surface area (TPSA) is 44.4 Å². The number of para-hydroxylation sites is 1. The van der Waals surface area contributed by atoms with Crippen molar-refractivity contribution in [1.82, 2.24) is 10.2 Å². The lowest BCUT2D eigenvalue weighted by Crippen LogP contribution is -2.52. The molecule has 4 nitrogen and oxygen atoms in total. The summed E-state index contributed by atoms with van der Waals surface area (Å²) in [6.07, 6.45) is 3.15. The Bertz CT molecular complexity index is 475. The van der Waals surface area contributed by atoms with E-state index >= 15 is 0 Å². The summed E-state index contributed by atoms with van der Waals surface area (Å²) in [6, 6.07) is 6.12. The standard InChI is InChI=1S/C18H29N3O/c1-4-5-9-16(21-12-10-19-11-13-21)18(22)20-17-14(2)7-6-8-15(17)3/h6-8,16,19H,4-5,9-13H2,1-3H3,(H,20,22). The summed E-state index contributed by atoms with van der Waals surface area (Å²) < 4.78 is 0. The van der Waals surface area contributed by atoms with Gasteiger partial charge in [-0.25, -0.2) is 0 Å². The van der Waals surface area contributed by atoms with Crippen LogP contribution in [0.25, 0.3) is 0 Å². The molecular formula is C18H29N3O. The zero-order valence-corrected chi connectivity index (χ0v) is 14.1. The van der Waals surface area contributed by atoms with Crippen molar-refractivity contribution in [3.05, 3.63) is 29.3 Å². The molecule has 0 saturated carbocycles. The van der Waals surface area contributed by atoms with Crippen LogP contribution in [0.5, 0.6) is 0 Å². The average molecular weight is 303 g/mol. The lowest BCUT2D eigenvalue weighted by Gasteiger charge is -2.34. The number of carbonyl (C=O) groups is 1. The third-order valence-corrected chi connectivity index (χ3v) is 4.46. The van der Waals surface area contributed by atoms with Gasteiger partial charge in [-0.15, -0.1) is 0 Å². The van der Waals surface area contributed by atoms with Crippen molar-refractivity contribution in [1.29, 1.82) is 0 Å². The van der Waals surface area contributed by atoms with Gasteiger partial charge in [0.2, 0.25) is 5.91 Å². The third kappa shape index (κ3) is 4.31. The van der Waals surface area contributed by atoms with E-state index in [9.17, 15) is 4.79 Å². The first-order valence-electron chi connectivity index (χ1n) is 8.45. The molecular weight excluding hydrogens is 274 g/mol. The average Bonchev–Trinajstić information content (AvgIpc) is 2.52. The molecule has 1 saturated heterocycles. The Morgan fingerprint density at radius 2 is 1.91 bits per heavy atom. The first kappa shape index (κ1) is 17.0. The van der Waals surface area contributed by atoms with E-state index in [4.69, 9.17) is 0 Å². The van der Waals surface area contributed by atoms with E-state index in [0.29, 0.717) is 0 Å². The van der Waals surface area contributed by atoms with Gasteiger partial charge in [0.15, 0.2) is 0 Å². The number of rotatable bonds is 6. The minimum atomic E-state index is -0.0129. The van der Waals surface area contributed by atoms with Crippen molar-refractivity contribution in [2.45, 2.75) is 46.1 Å². The lowest BCUT2D eigenvalue weighted by atomic mass is 10.0. The van der Waals surface area contributed by atoms with Crippen LogP contribution in [0.15, 0.2) is 18.2 Å². The van der Waals surface area contributed by atoms with E-state index in [1.807, 2.05) is 6.07 Å². The summed E-state index contributed by atoms with van der Waals surface area (Å²) in [6.45, 7) is 10.1. The van der Waals surface area contributed by atoms with Gasteiger partial charge in [0.25, 0.3) is 0 Å². The fourth-order valence-corrected chi connectivity index (χ4v) is 3.09. The molecule has 2 rings (SSSR count). The van der Waals surface area contributed by atoms with Crippen LogP contribution in [0.1, 0.15) is 37.3 Å².